The second kappa shape index (κ2) is 10.3. The minimum Gasteiger partial charge on any atom is -0.497 e. The Labute approximate surface area is 177 Å². The number of benzene rings is 2. The molecule has 29 heavy (non-hydrogen) atoms. The van der Waals surface area contributed by atoms with Gasteiger partial charge in [-0.1, -0.05) is 37.3 Å². The Morgan fingerprint density at radius 1 is 1.00 bits per heavy atom. The SMILES string of the molecule is COc1cccc(CC(=O)N2CCN(C(=O)C(C)CSc3ccccc3)CC2)c1. The largest absolute Gasteiger partial charge is 0.497 e. The summed E-state index contributed by atoms with van der Waals surface area (Å²) in [4.78, 5) is 30.3. The molecule has 1 atom stereocenters. The van der Waals surface area contributed by atoms with Gasteiger partial charge in [-0.2, -0.15) is 0 Å². The van der Waals surface area contributed by atoms with Crippen LogP contribution in [0, 0.1) is 5.92 Å². The zero-order valence-corrected chi connectivity index (χ0v) is 17.9. The molecule has 1 heterocycles. The fourth-order valence-electron chi connectivity index (χ4n) is 3.37. The maximum Gasteiger partial charge on any atom is 0.227 e. The molecule has 0 aliphatic carbocycles. The number of ether oxygens (including phenoxy) is 1. The maximum atomic E-state index is 12.8. The summed E-state index contributed by atoms with van der Waals surface area (Å²) < 4.78 is 5.22. The van der Waals surface area contributed by atoms with Crippen LogP contribution in [0.2, 0.25) is 0 Å². The van der Waals surface area contributed by atoms with Crippen LogP contribution >= 0.6 is 11.8 Å². The van der Waals surface area contributed by atoms with Gasteiger partial charge in [0, 0.05) is 42.7 Å². The van der Waals surface area contributed by atoms with Crippen molar-refractivity contribution in [1.82, 2.24) is 9.80 Å². The van der Waals surface area contributed by atoms with E-state index in [2.05, 4.69) is 12.1 Å². The van der Waals surface area contributed by atoms with E-state index in [1.807, 2.05) is 59.2 Å². The molecule has 1 aliphatic rings. The first-order valence-corrected chi connectivity index (χ1v) is 10.9. The molecular formula is C23H28N2O3S. The number of piperazine rings is 1. The summed E-state index contributed by atoms with van der Waals surface area (Å²) >= 11 is 1.71. The predicted molar refractivity (Wildman–Crippen MR) is 116 cm³/mol. The van der Waals surface area contributed by atoms with Crippen molar-refractivity contribution in [2.75, 3.05) is 39.0 Å². The summed E-state index contributed by atoms with van der Waals surface area (Å²) in [5.41, 5.74) is 0.944. The van der Waals surface area contributed by atoms with E-state index in [9.17, 15) is 9.59 Å². The van der Waals surface area contributed by atoms with Crippen LogP contribution in [-0.2, 0) is 16.0 Å². The zero-order valence-electron chi connectivity index (χ0n) is 17.0. The van der Waals surface area contributed by atoms with E-state index >= 15 is 0 Å². The van der Waals surface area contributed by atoms with Crippen LogP contribution in [-0.4, -0.2) is 60.7 Å². The summed E-state index contributed by atoms with van der Waals surface area (Å²) in [5.74, 6) is 1.75. The molecule has 1 fully saturated rings. The lowest BCUT2D eigenvalue weighted by Gasteiger charge is -2.36. The summed E-state index contributed by atoms with van der Waals surface area (Å²) in [7, 11) is 1.62. The zero-order chi connectivity index (χ0) is 20.6. The molecule has 0 spiro atoms. The van der Waals surface area contributed by atoms with Crippen molar-refractivity contribution < 1.29 is 14.3 Å². The van der Waals surface area contributed by atoms with Crippen molar-refractivity contribution in [3.63, 3.8) is 0 Å². The number of carbonyl (C=O) groups excluding carboxylic acids is 2. The molecule has 154 valence electrons. The molecule has 1 unspecified atom stereocenters. The number of carbonyl (C=O) groups is 2. The van der Waals surface area contributed by atoms with E-state index in [0.717, 1.165) is 17.1 Å². The monoisotopic (exact) mass is 412 g/mol. The summed E-state index contributed by atoms with van der Waals surface area (Å²) in [6.45, 7) is 4.37. The van der Waals surface area contributed by atoms with E-state index in [4.69, 9.17) is 4.74 Å². The predicted octanol–water partition coefficient (Wildman–Crippen LogP) is 3.34. The number of methoxy groups -OCH3 is 1. The Balaban J connectivity index is 1.45. The smallest absolute Gasteiger partial charge is 0.227 e. The van der Waals surface area contributed by atoms with Gasteiger partial charge in [0.1, 0.15) is 5.75 Å². The van der Waals surface area contributed by atoms with Gasteiger partial charge in [-0.3, -0.25) is 9.59 Å². The standard InChI is InChI=1S/C23H28N2O3S/c1-18(17-29-21-9-4-3-5-10-21)23(27)25-13-11-24(12-14-25)22(26)16-19-7-6-8-20(15-19)28-2/h3-10,15,18H,11-14,16-17H2,1-2H3. The molecule has 0 saturated carbocycles. The Kier molecular flexibility index (Phi) is 7.58. The Bertz CT molecular complexity index is 820. The first-order chi connectivity index (χ1) is 14.1. The molecule has 3 rings (SSSR count). The Hall–Kier alpha value is -2.47. The van der Waals surface area contributed by atoms with Crippen molar-refractivity contribution in [1.29, 1.82) is 0 Å². The number of thioether (sulfide) groups is 1. The van der Waals surface area contributed by atoms with Crippen LogP contribution in [0.1, 0.15) is 12.5 Å². The van der Waals surface area contributed by atoms with Gasteiger partial charge < -0.3 is 14.5 Å². The fourth-order valence-corrected chi connectivity index (χ4v) is 4.30. The lowest BCUT2D eigenvalue weighted by atomic mass is 10.1. The van der Waals surface area contributed by atoms with Crippen LogP contribution in [0.25, 0.3) is 0 Å². The number of rotatable bonds is 7. The number of hydrogen-bond acceptors (Lipinski definition) is 4. The van der Waals surface area contributed by atoms with Gasteiger partial charge in [-0.05, 0) is 29.8 Å². The molecule has 5 nitrogen and oxygen atoms in total. The maximum absolute atomic E-state index is 12.8. The van der Waals surface area contributed by atoms with Crippen molar-refractivity contribution in [3.05, 3.63) is 60.2 Å². The van der Waals surface area contributed by atoms with Crippen molar-refractivity contribution in [2.45, 2.75) is 18.2 Å². The Morgan fingerprint density at radius 3 is 2.38 bits per heavy atom. The topological polar surface area (TPSA) is 49.9 Å². The van der Waals surface area contributed by atoms with E-state index in [-0.39, 0.29) is 17.7 Å². The van der Waals surface area contributed by atoms with Crippen LogP contribution < -0.4 is 4.74 Å². The van der Waals surface area contributed by atoms with Crippen LogP contribution in [0.15, 0.2) is 59.5 Å². The van der Waals surface area contributed by atoms with E-state index in [1.165, 1.54) is 4.90 Å². The average Bonchev–Trinajstić information content (AvgIpc) is 2.78. The van der Waals surface area contributed by atoms with Crippen LogP contribution in [0.5, 0.6) is 5.75 Å². The van der Waals surface area contributed by atoms with Gasteiger partial charge in [0.15, 0.2) is 0 Å². The van der Waals surface area contributed by atoms with Gasteiger partial charge in [0.2, 0.25) is 11.8 Å². The number of nitrogens with zero attached hydrogens (tertiary/aromatic N) is 2. The number of amides is 2. The molecule has 0 N–H and O–H groups in total. The molecule has 1 aliphatic heterocycles. The lowest BCUT2D eigenvalue weighted by molar-refractivity contribution is -0.141. The highest BCUT2D eigenvalue weighted by molar-refractivity contribution is 7.99. The normalized spacial score (nSPS) is 15.1. The van der Waals surface area contributed by atoms with Crippen molar-refractivity contribution >= 4 is 23.6 Å². The van der Waals surface area contributed by atoms with Gasteiger partial charge in [0.05, 0.1) is 13.5 Å². The molecule has 0 bridgehead atoms. The number of hydrogen-bond donors (Lipinski definition) is 0. The lowest BCUT2D eigenvalue weighted by Crippen LogP contribution is -2.52. The molecule has 2 aromatic carbocycles. The Morgan fingerprint density at radius 2 is 1.69 bits per heavy atom. The summed E-state index contributed by atoms with van der Waals surface area (Å²) in [5, 5.41) is 0. The quantitative estimate of drug-likeness (QED) is 0.655. The summed E-state index contributed by atoms with van der Waals surface area (Å²) in [6.07, 6.45) is 0.356. The highest BCUT2D eigenvalue weighted by Gasteiger charge is 2.27. The van der Waals surface area contributed by atoms with E-state index < -0.39 is 0 Å². The third-order valence-corrected chi connectivity index (χ3v) is 6.37. The average molecular weight is 413 g/mol. The third-order valence-electron chi connectivity index (χ3n) is 5.10. The van der Waals surface area contributed by atoms with E-state index in [1.54, 1.807) is 18.9 Å². The highest BCUT2D eigenvalue weighted by atomic mass is 32.2. The minimum atomic E-state index is -0.0424. The minimum absolute atomic E-state index is 0.0424. The summed E-state index contributed by atoms with van der Waals surface area (Å²) in [6, 6.07) is 17.7. The third kappa shape index (κ3) is 6.00. The van der Waals surface area contributed by atoms with Crippen molar-refractivity contribution in [2.24, 2.45) is 5.92 Å². The van der Waals surface area contributed by atoms with Gasteiger partial charge in [-0.25, -0.2) is 0 Å². The second-order valence-electron chi connectivity index (χ2n) is 7.26. The molecule has 0 aromatic heterocycles. The van der Waals surface area contributed by atoms with Crippen LogP contribution in [0.4, 0.5) is 0 Å². The van der Waals surface area contributed by atoms with Gasteiger partial charge in [0.25, 0.3) is 0 Å². The van der Waals surface area contributed by atoms with Crippen LogP contribution in [0.3, 0.4) is 0 Å². The van der Waals surface area contributed by atoms with Gasteiger partial charge in [-0.15, -0.1) is 11.8 Å². The van der Waals surface area contributed by atoms with Crippen molar-refractivity contribution in [3.8, 4) is 5.75 Å². The molecular weight excluding hydrogens is 384 g/mol. The molecule has 2 aromatic rings. The fraction of sp³-hybridized carbons (Fsp3) is 0.391. The first-order valence-electron chi connectivity index (χ1n) is 9.94. The molecule has 6 heteroatoms. The van der Waals surface area contributed by atoms with Gasteiger partial charge >= 0.3 is 0 Å². The first kappa shape index (κ1) is 21.2. The van der Waals surface area contributed by atoms with E-state index in [0.29, 0.717) is 32.6 Å². The highest BCUT2D eigenvalue weighted by Crippen LogP contribution is 2.21. The molecule has 0 radical (unpaired) electrons. The molecule has 2 amide bonds. The second-order valence-corrected chi connectivity index (χ2v) is 8.35. The molecule has 1 saturated heterocycles.